The van der Waals surface area contributed by atoms with Crippen molar-refractivity contribution in [1.82, 2.24) is 19.7 Å². The monoisotopic (exact) mass is 535 g/mol. The highest BCUT2D eigenvalue weighted by Crippen LogP contribution is 2.28. The molecule has 2 saturated heterocycles. The number of likely N-dealkylation sites (N-methyl/N-ethyl adjacent to an activating group) is 1. The largest absolute Gasteiger partial charge is 0.379 e. The van der Waals surface area contributed by atoms with E-state index in [0.29, 0.717) is 11.4 Å². The topological polar surface area (TPSA) is 51.7 Å². The molecular formula is C34H41N5O. The summed E-state index contributed by atoms with van der Waals surface area (Å²) in [4.78, 5) is 24.9. The Hall–Kier alpha value is -3.70. The number of hydrogen-bond acceptors (Lipinski definition) is 5. The Morgan fingerprint density at radius 1 is 0.950 bits per heavy atom. The molecule has 0 spiro atoms. The van der Waals surface area contributed by atoms with Gasteiger partial charge < -0.3 is 10.2 Å². The molecule has 2 aliphatic heterocycles. The Labute approximate surface area is 238 Å². The number of aromatic nitrogens is 1. The lowest BCUT2D eigenvalue weighted by molar-refractivity contribution is 0.102. The van der Waals surface area contributed by atoms with E-state index in [9.17, 15) is 4.79 Å². The lowest BCUT2D eigenvalue weighted by Crippen LogP contribution is -2.34. The molecule has 208 valence electrons. The Balaban J connectivity index is 1.39. The summed E-state index contributed by atoms with van der Waals surface area (Å²) in [6, 6.07) is 16.3. The molecule has 0 saturated carbocycles. The number of pyridine rings is 1. The van der Waals surface area contributed by atoms with Crippen LogP contribution in [0.2, 0.25) is 0 Å². The molecule has 0 unspecified atom stereocenters. The molecular weight excluding hydrogens is 494 g/mol. The predicted molar refractivity (Wildman–Crippen MR) is 165 cm³/mol. The highest BCUT2D eigenvalue weighted by molar-refractivity contribution is 6.04. The fourth-order valence-corrected chi connectivity index (χ4v) is 5.81. The van der Waals surface area contributed by atoms with Crippen LogP contribution in [0.15, 0.2) is 78.8 Å². The van der Waals surface area contributed by atoms with E-state index in [-0.39, 0.29) is 5.91 Å². The van der Waals surface area contributed by atoms with E-state index in [1.807, 2.05) is 36.5 Å². The zero-order chi connectivity index (χ0) is 27.9. The van der Waals surface area contributed by atoms with Crippen LogP contribution in [0.4, 0.5) is 5.82 Å². The van der Waals surface area contributed by atoms with Gasteiger partial charge in [0.1, 0.15) is 5.82 Å². The Morgan fingerprint density at radius 2 is 1.70 bits per heavy atom. The standard InChI is InChI=1S/C34H41N5O/c1-4-11-31(32(37(2)3)25-39-16-6-5-7-17-39)27-14-15-29-23-35-33(22-30(29)21-27)36-34(40)28-13-10-12-26(20-28)24-38-18-8-9-19-38/h10-15,20-23H,1,5-9,16-19,24-25H2,2-3H3,(H,35,36,40)/b32-31+. The summed E-state index contributed by atoms with van der Waals surface area (Å²) in [6.45, 7) is 10.2. The van der Waals surface area contributed by atoms with Crippen molar-refractivity contribution in [2.24, 2.45) is 0 Å². The van der Waals surface area contributed by atoms with Crippen LogP contribution in [0.25, 0.3) is 16.3 Å². The molecule has 6 heteroatoms. The van der Waals surface area contributed by atoms with Gasteiger partial charge in [-0.05, 0) is 98.7 Å². The van der Waals surface area contributed by atoms with E-state index < -0.39 is 0 Å². The fraction of sp³-hybridized carbons (Fsp3) is 0.382. The molecule has 0 aliphatic carbocycles. The smallest absolute Gasteiger partial charge is 0.256 e. The molecule has 40 heavy (non-hydrogen) atoms. The van der Waals surface area contributed by atoms with Gasteiger partial charge in [0.2, 0.25) is 0 Å². The number of likely N-dealkylation sites (tertiary alicyclic amines) is 2. The molecule has 3 aromatic rings. The van der Waals surface area contributed by atoms with Crippen LogP contribution in [-0.2, 0) is 6.54 Å². The molecule has 1 amide bonds. The Kier molecular flexibility index (Phi) is 9.12. The van der Waals surface area contributed by atoms with Crippen LogP contribution in [0.5, 0.6) is 0 Å². The number of anilines is 1. The maximum atomic E-state index is 13.2. The predicted octanol–water partition coefficient (Wildman–Crippen LogP) is 6.18. The first-order valence-electron chi connectivity index (χ1n) is 14.5. The molecule has 3 heterocycles. The van der Waals surface area contributed by atoms with Gasteiger partial charge in [-0.25, -0.2) is 4.98 Å². The number of benzene rings is 2. The van der Waals surface area contributed by atoms with Gasteiger partial charge in [0.25, 0.3) is 5.91 Å². The summed E-state index contributed by atoms with van der Waals surface area (Å²) in [7, 11) is 4.21. The summed E-state index contributed by atoms with van der Waals surface area (Å²) in [5.74, 6) is 0.406. The van der Waals surface area contributed by atoms with Gasteiger partial charge in [0.05, 0.1) is 0 Å². The minimum atomic E-state index is -0.141. The number of carbonyl (C=O) groups is 1. The van der Waals surface area contributed by atoms with Crippen molar-refractivity contribution in [2.75, 3.05) is 52.1 Å². The lowest BCUT2D eigenvalue weighted by Gasteiger charge is -2.31. The number of hydrogen-bond donors (Lipinski definition) is 1. The zero-order valence-electron chi connectivity index (χ0n) is 24.0. The molecule has 2 fully saturated rings. The average molecular weight is 536 g/mol. The van der Waals surface area contributed by atoms with E-state index in [4.69, 9.17) is 0 Å². The van der Waals surface area contributed by atoms with Gasteiger partial charge in [-0.1, -0.05) is 37.3 Å². The molecule has 5 rings (SSSR count). The third-order valence-corrected chi connectivity index (χ3v) is 7.99. The van der Waals surface area contributed by atoms with E-state index in [1.54, 1.807) is 0 Å². The van der Waals surface area contributed by atoms with Crippen LogP contribution in [-0.4, -0.2) is 72.4 Å². The molecule has 0 atom stereocenters. The van der Waals surface area contributed by atoms with Gasteiger partial charge in [0, 0.05) is 55.6 Å². The maximum absolute atomic E-state index is 13.2. The molecule has 2 aliphatic rings. The van der Waals surface area contributed by atoms with Crippen LogP contribution in [0, 0.1) is 0 Å². The number of piperidine rings is 1. The molecule has 6 nitrogen and oxygen atoms in total. The molecule has 0 bridgehead atoms. The molecule has 1 N–H and O–H groups in total. The number of amides is 1. The van der Waals surface area contributed by atoms with Crippen molar-refractivity contribution in [3.8, 4) is 0 Å². The second-order valence-corrected chi connectivity index (χ2v) is 11.2. The third kappa shape index (κ3) is 6.89. The number of allylic oxidation sites excluding steroid dienone is 2. The number of nitrogens with one attached hydrogen (secondary N) is 1. The van der Waals surface area contributed by atoms with Gasteiger partial charge in [-0.15, -0.1) is 5.73 Å². The first-order valence-corrected chi connectivity index (χ1v) is 14.5. The summed E-state index contributed by atoms with van der Waals surface area (Å²) in [6.07, 6.45) is 10.2. The van der Waals surface area contributed by atoms with E-state index in [2.05, 4.69) is 75.7 Å². The van der Waals surface area contributed by atoms with Crippen molar-refractivity contribution in [3.63, 3.8) is 0 Å². The summed E-state index contributed by atoms with van der Waals surface area (Å²) in [5, 5.41) is 5.07. The van der Waals surface area contributed by atoms with Gasteiger partial charge >= 0.3 is 0 Å². The van der Waals surface area contributed by atoms with Crippen LogP contribution < -0.4 is 5.32 Å². The van der Waals surface area contributed by atoms with Crippen molar-refractivity contribution in [3.05, 3.63) is 95.5 Å². The minimum absolute atomic E-state index is 0.141. The van der Waals surface area contributed by atoms with Crippen LogP contribution in [0.1, 0.15) is 53.6 Å². The first kappa shape index (κ1) is 27.9. The maximum Gasteiger partial charge on any atom is 0.256 e. The SMILES string of the molecule is C=C=C/C(=C(/CN1CCCCC1)N(C)C)c1ccc2cnc(NC(=O)c3cccc(CN4CCCC4)c3)cc2c1. The van der Waals surface area contributed by atoms with Crippen molar-refractivity contribution in [2.45, 2.75) is 38.6 Å². The Bertz CT molecular complexity index is 1420. The normalized spacial score (nSPS) is 16.9. The van der Waals surface area contributed by atoms with E-state index in [0.717, 1.165) is 61.2 Å². The first-order chi connectivity index (χ1) is 19.5. The second kappa shape index (κ2) is 13.1. The molecule has 2 aromatic carbocycles. The number of fused-ring (bicyclic) bond motifs is 1. The number of carbonyl (C=O) groups excluding carboxylic acids is 1. The van der Waals surface area contributed by atoms with E-state index in [1.165, 1.54) is 43.4 Å². The van der Waals surface area contributed by atoms with Gasteiger partial charge in [-0.3, -0.25) is 14.6 Å². The van der Waals surface area contributed by atoms with Crippen molar-refractivity contribution in [1.29, 1.82) is 0 Å². The van der Waals surface area contributed by atoms with E-state index >= 15 is 0 Å². The molecule has 1 aromatic heterocycles. The highest BCUT2D eigenvalue weighted by atomic mass is 16.1. The van der Waals surface area contributed by atoms with Crippen LogP contribution in [0.3, 0.4) is 0 Å². The third-order valence-electron chi connectivity index (χ3n) is 7.99. The number of rotatable bonds is 9. The molecule has 0 radical (unpaired) electrons. The highest BCUT2D eigenvalue weighted by Gasteiger charge is 2.17. The number of nitrogens with zero attached hydrogens (tertiary/aromatic N) is 4. The Morgan fingerprint density at radius 3 is 2.45 bits per heavy atom. The van der Waals surface area contributed by atoms with Crippen LogP contribution >= 0.6 is 0 Å². The zero-order valence-corrected chi connectivity index (χ0v) is 24.0. The van der Waals surface area contributed by atoms with Gasteiger partial charge in [0.15, 0.2) is 0 Å². The summed E-state index contributed by atoms with van der Waals surface area (Å²) >= 11 is 0. The van der Waals surface area contributed by atoms with Crippen molar-refractivity contribution < 1.29 is 4.79 Å². The minimum Gasteiger partial charge on any atom is -0.379 e. The van der Waals surface area contributed by atoms with Crippen molar-refractivity contribution >= 4 is 28.1 Å². The summed E-state index contributed by atoms with van der Waals surface area (Å²) < 4.78 is 0. The quantitative estimate of drug-likeness (QED) is 0.262. The lowest BCUT2D eigenvalue weighted by atomic mass is 9.99. The van der Waals surface area contributed by atoms with Gasteiger partial charge in [-0.2, -0.15) is 0 Å². The summed E-state index contributed by atoms with van der Waals surface area (Å²) in [5.41, 5.74) is 8.30. The fourth-order valence-electron chi connectivity index (χ4n) is 5.81. The second-order valence-electron chi connectivity index (χ2n) is 11.2. The average Bonchev–Trinajstić information content (AvgIpc) is 3.48.